The van der Waals surface area contributed by atoms with Crippen LogP contribution in [0.2, 0.25) is 5.02 Å². The van der Waals surface area contributed by atoms with Gasteiger partial charge in [-0.05, 0) is 76.0 Å². The standard InChI is InChI=1S/C24H32ClN3O3S/c1-19-8-10-21(11-9-19)32(30,31)28(23-7-4-3-6-22(23)25)18-24(29)26-14-5-15-27-16-12-20(2)13-17-27/h3-4,6-11,20H,5,12-18H2,1-2H3,(H,26,29). The summed E-state index contributed by atoms with van der Waals surface area (Å²) in [5.41, 5.74) is 1.24. The van der Waals surface area contributed by atoms with Crippen LogP contribution in [0.1, 0.15) is 31.7 Å². The summed E-state index contributed by atoms with van der Waals surface area (Å²) in [6, 6.07) is 13.2. The van der Waals surface area contributed by atoms with E-state index in [0.29, 0.717) is 6.54 Å². The molecule has 6 nitrogen and oxygen atoms in total. The number of piperidine rings is 1. The van der Waals surface area contributed by atoms with Crippen LogP contribution >= 0.6 is 11.6 Å². The predicted molar refractivity (Wildman–Crippen MR) is 130 cm³/mol. The van der Waals surface area contributed by atoms with E-state index in [9.17, 15) is 13.2 Å². The second kappa shape index (κ2) is 11.2. The molecule has 0 saturated carbocycles. The average Bonchev–Trinajstić information content (AvgIpc) is 2.77. The van der Waals surface area contributed by atoms with Crippen molar-refractivity contribution in [2.45, 2.75) is 38.0 Å². The van der Waals surface area contributed by atoms with Crippen molar-refractivity contribution < 1.29 is 13.2 Å². The van der Waals surface area contributed by atoms with Crippen LogP contribution in [0.5, 0.6) is 0 Å². The van der Waals surface area contributed by atoms with Crippen molar-refractivity contribution in [2.24, 2.45) is 5.92 Å². The molecule has 0 bridgehead atoms. The fourth-order valence-corrected chi connectivity index (χ4v) is 5.52. The number of benzene rings is 2. The van der Waals surface area contributed by atoms with Gasteiger partial charge in [0.15, 0.2) is 0 Å². The van der Waals surface area contributed by atoms with Crippen molar-refractivity contribution in [2.75, 3.05) is 37.0 Å². The fraction of sp³-hybridized carbons (Fsp3) is 0.458. The minimum atomic E-state index is -3.96. The number of amides is 1. The fourth-order valence-electron chi connectivity index (χ4n) is 3.79. The van der Waals surface area contributed by atoms with Gasteiger partial charge in [0, 0.05) is 6.54 Å². The Morgan fingerprint density at radius 3 is 2.44 bits per heavy atom. The van der Waals surface area contributed by atoms with Gasteiger partial charge in [-0.1, -0.05) is 48.4 Å². The molecule has 2 aromatic rings. The van der Waals surface area contributed by atoms with Gasteiger partial charge >= 0.3 is 0 Å². The Bertz CT molecular complexity index is 1000. The molecule has 1 N–H and O–H groups in total. The topological polar surface area (TPSA) is 69.7 Å². The van der Waals surface area contributed by atoms with Gasteiger partial charge in [-0.15, -0.1) is 0 Å². The summed E-state index contributed by atoms with van der Waals surface area (Å²) in [7, 11) is -3.96. The molecule has 0 radical (unpaired) electrons. The van der Waals surface area contributed by atoms with Crippen molar-refractivity contribution in [3.63, 3.8) is 0 Å². The lowest BCUT2D eigenvalue weighted by molar-refractivity contribution is -0.119. The third-order valence-electron chi connectivity index (χ3n) is 5.87. The van der Waals surface area contributed by atoms with Gasteiger partial charge in [0.05, 0.1) is 15.6 Å². The van der Waals surface area contributed by atoms with Gasteiger partial charge in [0.1, 0.15) is 6.54 Å². The number of hydrogen-bond acceptors (Lipinski definition) is 4. The Balaban J connectivity index is 1.66. The number of aryl methyl sites for hydroxylation is 1. The number of halogens is 1. The molecule has 0 aromatic heterocycles. The number of likely N-dealkylation sites (tertiary alicyclic amines) is 1. The van der Waals surface area contributed by atoms with E-state index in [2.05, 4.69) is 17.1 Å². The van der Waals surface area contributed by atoms with Crippen LogP contribution in [-0.2, 0) is 14.8 Å². The molecule has 174 valence electrons. The third-order valence-corrected chi connectivity index (χ3v) is 7.96. The molecule has 0 unspecified atom stereocenters. The second-order valence-electron chi connectivity index (χ2n) is 8.50. The van der Waals surface area contributed by atoms with Crippen molar-refractivity contribution in [3.8, 4) is 0 Å². The summed E-state index contributed by atoms with van der Waals surface area (Å²) in [4.78, 5) is 15.2. The van der Waals surface area contributed by atoms with E-state index in [4.69, 9.17) is 11.6 Å². The molecule has 1 amide bonds. The van der Waals surface area contributed by atoms with Crippen molar-refractivity contribution in [3.05, 3.63) is 59.1 Å². The number of nitrogens with one attached hydrogen (secondary N) is 1. The van der Waals surface area contributed by atoms with Crippen LogP contribution in [-0.4, -0.2) is 51.9 Å². The van der Waals surface area contributed by atoms with Crippen molar-refractivity contribution in [1.29, 1.82) is 0 Å². The third kappa shape index (κ3) is 6.47. The van der Waals surface area contributed by atoms with E-state index >= 15 is 0 Å². The largest absolute Gasteiger partial charge is 0.354 e. The molecule has 32 heavy (non-hydrogen) atoms. The van der Waals surface area contributed by atoms with E-state index in [1.807, 2.05) is 6.92 Å². The maximum Gasteiger partial charge on any atom is 0.264 e. The number of nitrogens with zero attached hydrogens (tertiary/aromatic N) is 2. The summed E-state index contributed by atoms with van der Waals surface area (Å²) in [5.74, 6) is 0.435. The number of carbonyl (C=O) groups excluding carboxylic acids is 1. The zero-order chi connectivity index (χ0) is 23.1. The Kier molecular flexibility index (Phi) is 8.57. The van der Waals surface area contributed by atoms with Crippen LogP contribution in [0.4, 0.5) is 5.69 Å². The average molecular weight is 478 g/mol. The highest BCUT2D eigenvalue weighted by molar-refractivity contribution is 7.92. The lowest BCUT2D eigenvalue weighted by Crippen LogP contribution is -2.42. The van der Waals surface area contributed by atoms with E-state index in [-0.39, 0.29) is 28.1 Å². The van der Waals surface area contributed by atoms with E-state index in [0.717, 1.165) is 41.8 Å². The molecule has 2 aromatic carbocycles. The summed E-state index contributed by atoms with van der Waals surface area (Å²) in [6.07, 6.45) is 3.27. The minimum absolute atomic E-state index is 0.121. The number of hydrogen-bond donors (Lipinski definition) is 1. The number of sulfonamides is 1. The van der Waals surface area contributed by atoms with Gasteiger partial charge in [-0.3, -0.25) is 9.10 Å². The molecular formula is C24H32ClN3O3S. The van der Waals surface area contributed by atoms with E-state index < -0.39 is 10.0 Å². The molecule has 0 atom stereocenters. The van der Waals surface area contributed by atoms with Crippen LogP contribution < -0.4 is 9.62 Å². The predicted octanol–water partition coefficient (Wildman–Crippen LogP) is 4.08. The van der Waals surface area contributed by atoms with Crippen molar-refractivity contribution in [1.82, 2.24) is 10.2 Å². The molecule has 1 fully saturated rings. The maximum absolute atomic E-state index is 13.4. The minimum Gasteiger partial charge on any atom is -0.354 e. The first-order valence-corrected chi connectivity index (χ1v) is 12.9. The van der Waals surface area contributed by atoms with Crippen LogP contribution in [0.3, 0.4) is 0 Å². The maximum atomic E-state index is 13.4. The first-order chi connectivity index (χ1) is 15.3. The van der Waals surface area contributed by atoms with E-state index in [1.54, 1.807) is 48.5 Å². The monoisotopic (exact) mass is 477 g/mol. The van der Waals surface area contributed by atoms with Gasteiger partial charge in [-0.25, -0.2) is 8.42 Å². The van der Waals surface area contributed by atoms with Gasteiger partial charge < -0.3 is 10.2 Å². The molecule has 0 aliphatic carbocycles. The molecule has 1 saturated heterocycles. The highest BCUT2D eigenvalue weighted by Gasteiger charge is 2.28. The quantitative estimate of drug-likeness (QED) is 0.552. The van der Waals surface area contributed by atoms with Crippen molar-refractivity contribution >= 4 is 33.2 Å². The molecule has 8 heteroatoms. The van der Waals surface area contributed by atoms with Gasteiger partial charge in [0.25, 0.3) is 10.0 Å². The molecule has 0 spiro atoms. The molecule has 3 rings (SSSR count). The smallest absolute Gasteiger partial charge is 0.264 e. The first kappa shape index (κ1) is 24.6. The second-order valence-corrected chi connectivity index (χ2v) is 10.8. The summed E-state index contributed by atoms with van der Waals surface area (Å²) in [5, 5.41) is 3.14. The Morgan fingerprint density at radius 2 is 1.78 bits per heavy atom. The molecule has 1 aliphatic rings. The highest BCUT2D eigenvalue weighted by atomic mass is 35.5. The molecule has 1 aliphatic heterocycles. The van der Waals surface area contributed by atoms with Gasteiger partial charge in [0.2, 0.25) is 5.91 Å². The lowest BCUT2D eigenvalue weighted by Gasteiger charge is -2.30. The number of para-hydroxylation sites is 1. The molecular weight excluding hydrogens is 446 g/mol. The number of rotatable bonds is 9. The zero-order valence-corrected chi connectivity index (χ0v) is 20.3. The summed E-state index contributed by atoms with van der Waals surface area (Å²) in [6.45, 7) is 7.48. The lowest BCUT2D eigenvalue weighted by atomic mass is 9.99. The van der Waals surface area contributed by atoms with Crippen LogP contribution in [0.25, 0.3) is 0 Å². The van der Waals surface area contributed by atoms with E-state index in [1.165, 1.54) is 12.8 Å². The Labute approximate surface area is 196 Å². The number of anilines is 1. The SMILES string of the molecule is Cc1ccc(S(=O)(=O)N(CC(=O)NCCCN2CCC(C)CC2)c2ccccc2Cl)cc1. The normalized spacial score (nSPS) is 15.5. The Hall–Kier alpha value is -2.09. The summed E-state index contributed by atoms with van der Waals surface area (Å²) >= 11 is 6.30. The first-order valence-electron chi connectivity index (χ1n) is 11.1. The summed E-state index contributed by atoms with van der Waals surface area (Å²) < 4.78 is 27.8. The van der Waals surface area contributed by atoms with Gasteiger partial charge in [-0.2, -0.15) is 0 Å². The molecule has 1 heterocycles. The Morgan fingerprint density at radius 1 is 1.12 bits per heavy atom. The zero-order valence-electron chi connectivity index (χ0n) is 18.8. The van der Waals surface area contributed by atoms with Crippen LogP contribution in [0, 0.1) is 12.8 Å². The number of carbonyl (C=O) groups is 1. The highest BCUT2D eigenvalue weighted by Crippen LogP contribution is 2.30. The van der Waals surface area contributed by atoms with Crippen LogP contribution in [0.15, 0.2) is 53.4 Å².